The van der Waals surface area contributed by atoms with Crippen LogP contribution in [-0.2, 0) is 19.3 Å². The second-order valence-electron chi connectivity index (χ2n) is 8.71. The maximum atomic E-state index is 4.68. The van der Waals surface area contributed by atoms with Crippen molar-refractivity contribution in [2.75, 3.05) is 0 Å². The molecule has 1 aliphatic rings. The minimum atomic E-state index is 0.683. The van der Waals surface area contributed by atoms with Crippen LogP contribution < -0.4 is 0 Å². The van der Waals surface area contributed by atoms with Gasteiger partial charge in [0.1, 0.15) is 5.82 Å². The second kappa shape index (κ2) is 11.3. The maximum absolute atomic E-state index is 4.68. The molecular formula is C26H38N2. The Balaban J connectivity index is 1.43. The molecule has 2 aromatic rings. The minimum Gasteiger partial charge on any atom is -0.241 e. The third-order valence-corrected chi connectivity index (χ3v) is 6.46. The van der Waals surface area contributed by atoms with Crippen LogP contribution in [0.15, 0.2) is 36.7 Å². The van der Waals surface area contributed by atoms with Gasteiger partial charge in [0.05, 0.1) is 0 Å². The van der Waals surface area contributed by atoms with E-state index in [1.807, 2.05) is 0 Å². The molecule has 2 nitrogen and oxygen atoms in total. The van der Waals surface area contributed by atoms with Gasteiger partial charge in [-0.05, 0) is 67.1 Å². The Morgan fingerprint density at radius 3 is 2.00 bits per heavy atom. The highest BCUT2D eigenvalue weighted by atomic mass is 14.9. The molecular weight excluding hydrogens is 340 g/mol. The van der Waals surface area contributed by atoms with E-state index < -0.39 is 0 Å². The lowest BCUT2D eigenvalue weighted by atomic mass is 9.77. The first kappa shape index (κ1) is 21.0. The maximum Gasteiger partial charge on any atom is 0.128 e. The van der Waals surface area contributed by atoms with Crippen molar-refractivity contribution < 1.29 is 0 Å². The molecule has 0 unspecified atom stereocenters. The van der Waals surface area contributed by atoms with Crippen LogP contribution in [0.1, 0.15) is 100 Å². The Bertz CT molecular complexity index is 667. The van der Waals surface area contributed by atoms with E-state index in [2.05, 4.69) is 60.5 Å². The van der Waals surface area contributed by atoms with Crippen molar-refractivity contribution in [1.82, 2.24) is 9.97 Å². The van der Waals surface area contributed by atoms with Crippen LogP contribution in [0.3, 0.4) is 0 Å². The van der Waals surface area contributed by atoms with Crippen LogP contribution >= 0.6 is 0 Å². The lowest BCUT2D eigenvalue weighted by Gasteiger charge is -2.28. The molecule has 1 aliphatic carbocycles. The number of benzene rings is 1. The van der Waals surface area contributed by atoms with Crippen LogP contribution in [0.4, 0.5) is 0 Å². The van der Waals surface area contributed by atoms with Gasteiger partial charge in [-0.2, -0.15) is 0 Å². The zero-order valence-electron chi connectivity index (χ0n) is 18.0. The van der Waals surface area contributed by atoms with Crippen LogP contribution in [0.2, 0.25) is 0 Å². The van der Waals surface area contributed by atoms with E-state index >= 15 is 0 Å². The standard InChI is InChI=1S/C26H38N2/c1-3-5-6-8-22-13-16-24(17-14-22)25-19-27-26(28-20-25)18-15-23-11-9-21(7-4-2)10-12-23/h9-12,19-20,22,24H,3-8,13-18H2,1-2H3/t22-,24-. The average molecular weight is 379 g/mol. The first-order valence-electron chi connectivity index (χ1n) is 11.7. The van der Waals surface area contributed by atoms with Gasteiger partial charge in [0.2, 0.25) is 0 Å². The van der Waals surface area contributed by atoms with E-state index in [1.165, 1.54) is 80.9 Å². The first-order valence-corrected chi connectivity index (χ1v) is 11.7. The lowest BCUT2D eigenvalue weighted by molar-refractivity contribution is 0.302. The fourth-order valence-electron chi connectivity index (χ4n) is 4.59. The summed E-state index contributed by atoms with van der Waals surface area (Å²) in [5.74, 6) is 2.63. The van der Waals surface area contributed by atoms with Crippen molar-refractivity contribution in [2.45, 2.75) is 96.8 Å². The van der Waals surface area contributed by atoms with Crippen LogP contribution in [-0.4, -0.2) is 9.97 Å². The Morgan fingerprint density at radius 1 is 0.750 bits per heavy atom. The summed E-state index contributed by atoms with van der Waals surface area (Å²) in [5.41, 5.74) is 4.18. The summed E-state index contributed by atoms with van der Waals surface area (Å²) in [6, 6.07) is 9.05. The Morgan fingerprint density at radius 2 is 1.39 bits per heavy atom. The van der Waals surface area contributed by atoms with Gasteiger partial charge in [-0.1, -0.05) is 70.2 Å². The van der Waals surface area contributed by atoms with Crippen molar-refractivity contribution in [3.05, 3.63) is 59.2 Å². The predicted molar refractivity (Wildman–Crippen MR) is 119 cm³/mol. The van der Waals surface area contributed by atoms with Crippen molar-refractivity contribution in [2.24, 2.45) is 5.92 Å². The smallest absolute Gasteiger partial charge is 0.128 e. The van der Waals surface area contributed by atoms with Gasteiger partial charge in [0.25, 0.3) is 0 Å². The van der Waals surface area contributed by atoms with Gasteiger partial charge in [0, 0.05) is 18.8 Å². The highest BCUT2D eigenvalue weighted by Crippen LogP contribution is 2.37. The number of rotatable bonds is 10. The van der Waals surface area contributed by atoms with Crippen LogP contribution in [0.25, 0.3) is 0 Å². The minimum absolute atomic E-state index is 0.683. The van der Waals surface area contributed by atoms with E-state index in [1.54, 1.807) is 0 Å². The molecule has 28 heavy (non-hydrogen) atoms. The fourth-order valence-corrected chi connectivity index (χ4v) is 4.59. The molecule has 0 bridgehead atoms. The van der Waals surface area contributed by atoms with Gasteiger partial charge in [-0.3, -0.25) is 0 Å². The van der Waals surface area contributed by atoms with Crippen molar-refractivity contribution in [1.29, 1.82) is 0 Å². The summed E-state index contributed by atoms with van der Waals surface area (Å²) in [4.78, 5) is 9.37. The molecule has 0 saturated heterocycles. The molecule has 2 heteroatoms. The van der Waals surface area contributed by atoms with E-state index in [0.717, 1.165) is 24.6 Å². The van der Waals surface area contributed by atoms with Crippen LogP contribution in [0, 0.1) is 5.92 Å². The third kappa shape index (κ3) is 6.43. The van der Waals surface area contributed by atoms with Crippen molar-refractivity contribution >= 4 is 0 Å². The highest BCUT2D eigenvalue weighted by Gasteiger charge is 2.22. The quantitative estimate of drug-likeness (QED) is 0.413. The number of unbranched alkanes of at least 4 members (excludes halogenated alkanes) is 2. The number of nitrogens with zero attached hydrogens (tertiary/aromatic N) is 2. The number of hydrogen-bond donors (Lipinski definition) is 0. The predicted octanol–water partition coefficient (Wildman–Crippen LogP) is 7.07. The molecule has 1 aromatic heterocycles. The van der Waals surface area contributed by atoms with Crippen molar-refractivity contribution in [3.8, 4) is 0 Å². The van der Waals surface area contributed by atoms with E-state index in [0.29, 0.717) is 5.92 Å². The number of hydrogen-bond acceptors (Lipinski definition) is 2. The molecule has 0 radical (unpaired) electrons. The Hall–Kier alpha value is -1.70. The van der Waals surface area contributed by atoms with E-state index in [-0.39, 0.29) is 0 Å². The van der Waals surface area contributed by atoms with E-state index in [4.69, 9.17) is 0 Å². The molecule has 1 aromatic carbocycles. The normalized spacial score (nSPS) is 19.6. The van der Waals surface area contributed by atoms with Gasteiger partial charge >= 0.3 is 0 Å². The summed E-state index contributed by atoms with van der Waals surface area (Å²) in [7, 11) is 0. The molecule has 1 fully saturated rings. The SMILES string of the molecule is CCCCC[C@H]1CC[C@H](c2cnc(CCc3ccc(CCC)cc3)nc2)CC1. The average Bonchev–Trinajstić information content (AvgIpc) is 2.75. The van der Waals surface area contributed by atoms with Gasteiger partial charge in [-0.25, -0.2) is 9.97 Å². The molecule has 0 spiro atoms. The summed E-state index contributed by atoms with van der Waals surface area (Å²) in [5, 5.41) is 0. The molecule has 1 heterocycles. The Labute approximate surface area is 172 Å². The molecule has 3 rings (SSSR count). The molecule has 152 valence electrons. The molecule has 0 N–H and O–H groups in total. The van der Waals surface area contributed by atoms with Crippen LogP contribution in [0.5, 0.6) is 0 Å². The molecule has 1 saturated carbocycles. The fraction of sp³-hybridized carbons (Fsp3) is 0.615. The first-order chi connectivity index (χ1) is 13.8. The van der Waals surface area contributed by atoms with Crippen molar-refractivity contribution in [3.63, 3.8) is 0 Å². The molecule has 0 amide bonds. The molecule has 0 atom stereocenters. The third-order valence-electron chi connectivity index (χ3n) is 6.46. The summed E-state index contributed by atoms with van der Waals surface area (Å²) in [6.07, 6.45) is 19.6. The largest absolute Gasteiger partial charge is 0.241 e. The van der Waals surface area contributed by atoms with Gasteiger partial charge < -0.3 is 0 Å². The molecule has 0 aliphatic heterocycles. The highest BCUT2D eigenvalue weighted by molar-refractivity contribution is 5.23. The zero-order valence-corrected chi connectivity index (χ0v) is 18.0. The zero-order chi connectivity index (χ0) is 19.6. The Kier molecular flexibility index (Phi) is 8.51. The monoisotopic (exact) mass is 378 g/mol. The van der Waals surface area contributed by atoms with E-state index in [9.17, 15) is 0 Å². The summed E-state index contributed by atoms with van der Waals surface area (Å²) < 4.78 is 0. The number of aromatic nitrogens is 2. The van der Waals surface area contributed by atoms with Gasteiger partial charge in [0.15, 0.2) is 0 Å². The topological polar surface area (TPSA) is 25.8 Å². The lowest BCUT2D eigenvalue weighted by Crippen LogP contribution is -2.14. The number of aryl methyl sites for hydroxylation is 3. The summed E-state index contributed by atoms with van der Waals surface area (Å²) >= 11 is 0. The van der Waals surface area contributed by atoms with Gasteiger partial charge in [-0.15, -0.1) is 0 Å². The summed E-state index contributed by atoms with van der Waals surface area (Å²) in [6.45, 7) is 4.53. The second-order valence-corrected chi connectivity index (χ2v) is 8.71.